The molecule has 1 amide bonds. The molecule has 1 saturated carbocycles. The molecule has 0 aromatic heterocycles. The lowest BCUT2D eigenvalue weighted by atomic mass is 9.71. The van der Waals surface area contributed by atoms with Gasteiger partial charge in [0.1, 0.15) is 5.54 Å². The maximum Gasteiger partial charge on any atom is 0.331 e. The Labute approximate surface area is 148 Å². The smallest absolute Gasteiger partial charge is 0.331 e. The van der Waals surface area contributed by atoms with Gasteiger partial charge in [0, 0.05) is 5.02 Å². The Bertz CT molecular complexity index is 631. The summed E-state index contributed by atoms with van der Waals surface area (Å²) in [6.45, 7) is 6.23. The van der Waals surface area contributed by atoms with Gasteiger partial charge in [0.15, 0.2) is 0 Å². The van der Waals surface area contributed by atoms with Crippen LogP contribution in [0.25, 0.3) is 0 Å². The van der Waals surface area contributed by atoms with E-state index in [0.29, 0.717) is 29.7 Å². The van der Waals surface area contributed by atoms with Gasteiger partial charge in [-0.15, -0.1) is 0 Å². The first kappa shape index (κ1) is 18.8. The largest absolute Gasteiger partial charge is 0.467 e. The van der Waals surface area contributed by atoms with Crippen molar-refractivity contribution >= 4 is 23.5 Å². The third-order valence-corrected chi connectivity index (χ3v) is 5.51. The van der Waals surface area contributed by atoms with Gasteiger partial charge >= 0.3 is 5.97 Å². The molecule has 1 aromatic rings. The van der Waals surface area contributed by atoms with E-state index in [-0.39, 0.29) is 18.3 Å². The molecule has 1 fully saturated rings. The van der Waals surface area contributed by atoms with E-state index in [0.717, 1.165) is 17.5 Å². The van der Waals surface area contributed by atoms with E-state index in [2.05, 4.69) is 19.2 Å². The van der Waals surface area contributed by atoms with Gasteiger partial charge in [-0.2, -0.15) is 0 Å². The molecule has 0 aliphatic heterocycles. The second-order valence-corrected chi connectivity index (χ2v) is 7.50. The lowest BCUT2D eigenvalue weighted by molar-refractivity contribution is -0.154. The molecule has 1 N–H and O–H groups in total. The predicted octanol–water partition coefficient (Wildman–Crippen LogP) is 3.68. The topological polar surface area (TPSA) is 55.4 Å². The number of aryl methyl sites for hydroxylation is 1. The molecule has 0 bridgehead atoms. The van der Waals surface area contributed by atoms with Crippen LogP contribution in [0, 0.1) is 18.8 Å². The fourth-order valence-electron chi connectivity index (χ4n) is 3.50. The molecule has 5 heteroatoms. The molecule has 3 atom stereocenters. The third-order valence-electron chi connectivity index (χ3n) is 5.28. The number of hydrogen-bond donors (Lipinski definition) is 1. The van der Waals surface area contributed by atoms with Crippen molar-refractivity contribution < 1.29 is 14.3 Å². The molecule has 3 unspecified atom stereocenters. The molecule has 1 aliphatic carbocycles. The Kier molecular flexibility index (Phi) is 5.92. The van der Waals surface area contributed by atoms with Crippen LogP contribution in [-0.4, -0.2) is 24.5 Å². The molecule has 24 heavy (non-hydrogen) atoms. The minimum absolute atomic E-state index is 0.160. The van der Waals surface area contributed by atoms with Gasteiger partial charge in [0.25, 0.3) is 0 Å². The maximum absolute atomic E-state index is 12.6. The molecular formula is C19H26ClNO3. The number of amides is 1. The molecule has 0 radical (unpaired) electrons. The van der Waals surface area contributed by atoms with Crippen molar-refractivity contribution in [3.8, 4) is 0 Å². The third kappa shape index (κ3) is 4.10. The summed E-state index contributed by atoms with van der Waals surface area (Å²) in [4.78, 5) is 25.0. The molecular weight excluding hydrogens is 326 g/mol. The highest BCUT2D eigenvalue weighted by Crippen LogP contribution is 2.37. The molecule has 132 valence electrons. The Balaban J connectivity index is 2.14. The summed E-state index contributed by atoms with van der Waals surface area (Å²) in [7, 11) is 1.38. The van der Waals surface area contributed by atoms with E-state index < -0.39 is 5.54 Å². The number of rotatable bonds is 4. The van der Waals surface area contributed by atoms with Crippen LogP contribution in [0.5, 0.6) is 0 Å². The summed E-state index contributed by atoms with van der Waals surface area (Å²) >= 11 is 5.96. The van der Waals surface area contributed by atoms with Crippen LogP contribution in [0.15, 0.2) is 18.2 Å². The lowest BCUT2D eigenvalue weighted by Gasteiger charge is -2.41. The number of methoxy groups -OCH3 is 1. The highest BCUT2D eigenvalue weighted by Gasteiger charge is 2.45. The summed E-state index contributed by atoms with van der Waals surface area (Å²) in [6, 6.07) is 5.47. The Hall–Kier alpha value is -1.55. The molecule has 0 saturated heterocycles. The van der Waals surface area contributed by atoms with Crippen molar-refractivity contribution in [2.75, 3.05) is 7.11 Å². The average Bonchev–Trinajstić information content (AvgIpc) is 2.53. The van der Waals surface area contributed by atoms with Crippen molar-refractivity contribution in [2.45, 2.75) is 52.0 Å². The Morgan fingerprint density at radius 3 is 2.62 bits per heavy atom. The molecule has 1 aliphatic rings. The first-order valence-electron chi connectivity index (χ1n) is 8.42. The Morgan fingerprint density at radius 1 is 1.33 bits per heavy atom. The summed E-state index contributed by atoms with van der Waals surface area (Å²) in [5.74, 6) is 0.392. The van der Waals surface area contributed by atoms with E-state index in [1.807, 2.05) is 19.1 Å². The van der Waals surface area contributed by atoms with Crippen LogP contribution >= 0.6 is 11.6 Å². The van der Waals surface area contributed by atoms with Crippen molar-refractivity contribution in [1.29, 1.82) is 0 Å². The number of carbonyl (C=O) groups excluding carboxylic acids is 2. The molecule has 0 spiro atoms. The van der Waals surface area contributed by atoms with Crippen LogP contribution in [0.2, 0.25) is 5.02 Å². The van der Waals surface area contributed by atoms with Gasteiger partial charge in [-0.1, -0.05) is 31.5 Å². The van der Waals surface area contributed by atoms with Gasteiger partial charge in [0.2, 0.25) is 5.91 Å². The zero-order valence-electron chi connectivity index (χ0n) is 14.8. The van der Waals surface area contributed by atoms with E-state index in [1.165, 1.54) is 7.11 Å². The fourth-order valence-corrected chi connectivity index (χ4v) is 3.73. The minimum Gasteiger partial charge on any atom is -0.467 e. The van der Waals surface area contributed by atoms with Crippen molar-refractivity contribution in [3.05, 3.63) is 34.3 Å². The zero-order valence-corrected chi connectivity index (χ0v) is 15.6. The highest BCUT2D eigenvalue weighted by molar-refractivity contribution is 6.30. The molecule has 4 nitrogen and oxygen atoms in total. The van der Waals surface area contributed by atoms with Crippen molar-refractivity contribution in [3.63, 3.8) is 0 Å². The second-order valence-electron chi connectivity index (χ2n) is 7.07. The van der Waals surface area contributed by atoms with E-state index in [4.69, 9.17) is 16.3 Å². The normalized spacial score (nSPS) is 26.7. The predicted molar refractivity (Wildman–Crippen MR) is 95.0 cm³/mol. The van der Waals surface area contributed by atoms with Crippen LogP contribution in [0.3, 0.4) is 0 Å². The summed E-state index contributed by atoms with van der Waals surface area (Å²) in [5.41, 5.74) is 0.975. The number of benzene rings is 1. The fraction of sp³-hybridized carbons (Fsp3) is 0.579. The van der Waals surface area contributed by atoms with E-state index in [9.17, 15) is 9.59 Å². The van der Waals surface area contributed by atoms with E-state index in [1.54, 1.807) is 6.07 Å². The van der Waals surface area contributed by atoms with Gasteiger partial charge in [-0.3, -0.25) is 4.79 Å². The molecule has 0 heterocycles. The average molecular weight is 352 g/mol. The summed E-state index contributed by atoms with van der Waals surface area (Å²) in [6.07, 6.45) is 2.37. The van der Waals surface area contributed by atoms with Crippen LogP contribution in [0.1, 0.15) is 44.2 Å². The minimum atomic E-state index is -0.905. The number of nitrogens with one attached hydrogen (secondary N) is 1. The zero-order chi connectivity index (χ0) is 17.9. The van der Waals surface area contributed by atoms with Gasteiger partial charge in [0.05, 0.1) is 13.5 Å². The van der Waals surface area contributed by atoms with Gasteiger partial charge < -0.3 is 10.1 Å². The maximum atomic E-state index is 12.6. The second kappa shape index (κ2) is 7.56. The number of esters is 1. The molecule has 1 aromatic carbocycles. The number of ether oxygens (including phenoxy) is 1. The quantitative estimate of drug-likeness (QED) is 0.842. The molecule has 2 rings (SSSR count). The van der Waals surface area contributed by atoms with Crippen molar-refractivity contribution in [2.24, 2.45) is 11.8 Å². The van der Waals surface area contributed by atoms with Gasteiger partial charge in [-0.25, -0.2) is 4.79 Å². The first-order valence-corrected chi connectivity index (χ1v) is 8.79. The number of halogens is 1. The Morgan fingerprint density at radius 2 is 2.04 bits per heavy atom. The van der Waals surface area contributed by atoms with Crippen LogP contribution in [0.4, 0.5) is 0 Å². The number of hydrogen-bond acceptors (Lipinski definition) is 3. The summed E-state index contributed by atoms with van der Waals surface area (Å²) in [5, 5.41) is 3.63. The number of carbonyl (C=O) groups is 2. The highest BCUT2D eigenvalue weighted by atomic mass is 35.5. The SMILES string of the molecule is COC(=O)C1(NC(=O)Cc2ccc(Cl)cc2C)CCC(C)C(C)C1. The standard InChI is InChI=1S/C19H26ClNO3/c1-12-7-8-19(11-14(12)3,18(23)24-4)21-17(22)10-15-5-6-16(20)9-13(15)2/h5-6,9,12,14H,7-8,10-11H2,1-4H3,(H,21,22). The lowest BCUT2D eigenvalue weighted by Crippen LogP contribution is -2.58. The van der Waals surface area contributed by atoms with Crippen LogP contribution < -0.4 is 5.32 Å². The monoisotopic (exact) mass is 351 g/mol. The van der Waals surface area contributed by atoms with Gasteiger partial charge in [-0.05, 0) is 61.3 Å². The van der Waals surface area contributed by atoms with Crippen LogP contribution in [-0.2, 0) is 20.7 Å². The first-order chi connectivity index (χ1) is 11.3. The van der Waals surface area contributed by atoms with E-state index >= 15 is 0 Å². The summed E-state index contributed by atoms with van der Waals surface area (Å²) < 4.78 is 5.00. The van der Waals surface area contributed by atoms with Crippen molar-refractivity contribution in [1.82, 2.24) is 5.32 Å².